The molecule has 0 radical (unpaired) electrons. The van der Waals surface area contributed by atoms with Crippen molar-refractivity contribution in [2.24, 2.45) is 0 Å². The molecular formula is C44H42N12. The predicted octanol–water partition coefficient (Wildman–Crippen LogP) is 8.97. The van der Waals surface area contributed by atoms with Gasteiger partial charge in [0.1, 0.15) is 24.3 Å². The van der Waals surface area contributed by atoms with E-state index in [0.29, 0.717) is 17.6 Å². The number of nitrogens with zero attached hydrogens (tertiary/aromatic N) is 9. The summed E-state index contributed by atoms with van der Waals surface area (Å²) in [4.78, 5) is 27.1. The standard InChI is InChI=1S/C25H24N6.C19H18N6/c1-17-9-10-18(2)31(17)21-11-12-23-22(15-21)27-16-30(23)24-13-14-26-25(29-24)28-19(3)20-7-5-4-6-8-20;1-13(14-5-3-2-4-6-14)23-19-21-10-9-18(24-19)25-12-22-16-11-15(20)7-8-17(16)25/h4-16,19H,1-3H3,(H,26,28,29);2-13H,20H2,1H3,(H,21,23,24)/t19-;13-/m00/s1. The van der Waals surface area contributed by atoms with Gasteiger partial charge < -0.3 is 20.9 Å². The lowest BCUT2D eigenvalue weighted by molar-refractivity contribution is 0.854. The fourth-order valence-electron chi connectivity index (χ4n) is 6.75. The number of benzene rings is 4. The van der Waals surface area contributed by atoms with Gasteiger partial charge in [-0.15, -0.1) is 0 Å². The van der Waals surface area contributed by atoms with E-state index in [2.05, 4.69) is 122 Å². The smallest absolute Gasteiger partial charge is 0.225 e. The molecule has 9 aromatic rings. The number of aromatic nitrogens is 9. The third-order valence-corrected chi connectivity index (χ3v) is 9.70. The first-order valence-corrected chi connectivity index (χ1v) is 18.5. The van der Waals surface area contributed by atoms with E-state index in [1.165, 1.54) is 22.5 Å². The maximum atomic E-state index is 5.82. The number of anilines is 3. The van der Waals surface area contributed by atoms with Crippen molar-refractivity contribution >= 4 is 39.7 Å². The molecule has 0 amide bonds. The summed E-state index contributed by atoms with van der Waals surface area (Å²) in [7, 11) is 0. The number of fused-ring (bicyclic) bond motifs is 2. The summed E-state index contributed by atoms with van der Waals surface area (Å²) >= 11 is 0. The predicted molar refractivity (Wildman–Crippen MR) is 223 cm³/mol. The Kier molecular flexibility index (Phi) is 9.91. The lowest BCUT2D eigenvalue weighted by Gasteiger charge is -2.14. The van der Waals surface area contributed by atoms with E-state index in [1.54, 1.807) is 18.7 Å². The molecule has 12 nitrogen and oxygen atoms in total. The average molecular weight is 739 g/mol. The van der Waals surface area contributed by atoms with Crippen molar-refractivity contribution in [1.82, 2.24) is 43.6 Å². The van der Waals surface area contributed by atoms with Gasteiger partial charge in [0.15, 0.2) is 0 Å². The van der Waals surface area contributed by atoms with Crippen LogP contribution in [0.2, 0.25) is 0 Å². The van der Waals surface area contributed by atoms with Crippen molar-refractivity contribution in [3.05, 3.63) is 169 Å². The molecule has 0 unspecified atom stereocenters. The lowest BCUT2D eigenvalue weighted by Crippen LogP contribution is -2.10. The van der Waals surface area contributed by atoms with Crippen molar-refractivity contribution in [3.8, 4) is 17.3 Å². The highest BCUT2D eigenvalue weighted by Gasteiger charge is 2.13. The van der Waals surface area contributed by atoms with Gasteiger partial charge in [-0.3, -0.25) is 9.13 Å². The summed E-state index contributed by atoms with van der Waals surface area (Å²) in [6.45, 7) is 8.41. The Morgan fingerprint density at radius 2 is 1.02 bits per heavy atom. The van der Waals surface area contributed by atoms with Crippen molar-refractivity contribution in [1.29, 1.82) is 0 Å². The van der Waals surface area contributed by atoms with Crippen molar-refractivity contribution < 1.29 is 0 Å². The Morgan fingerprint density at radius 3 is 1.54 bits per heavy atom. The number of rotatable bonds is 9. The number of aryl methyl sites for hydroxylation is 2. The molecule has 0 fully saturated rings. The van der Waals surface area contributed by atoms with Crippen LogP contribution in [0.5, 0.6) is 0 Å². The molecule has 5 heterocycles. The maximum Gasteiger partial charge on any atom is 0.225 e. The third kappa shape index (κ3) is 7.53. The second kappa shape index (κ2) is 15.6. The Bertz CT molecular complexity index is 2710. The second-order valence-corrected chi connectivity index (χ2v) is 13.6. The van der Waals surface area contributed by atoms with Gasteiger partial charge >= 0.3 is 0 Å². The number of nitrogen functional groups attached to an aromatic ring is 1. The minimum atomic E-state index is 0.103. The van der Waals surface area contributed by atoms with Gasteiger partial charge in [-0.05, 0) is 99.5 Å². The van der Waals surface area contributed by atoms with E-state index in [1.807, 2.05) is 82.2 Å². The van der Waals surface area contributed by atoms with E-state index >= 15 is 0 Å². The third-order valence-electron chi connectivity index (χ3n) is 9.70. The Balaban J connectivity index is 0.000000161. The topological polar surface area (TPSA) is 142 Å². The van der Waals surface area contributed by atoms with E-state index in [4.69, 9.17) is 10.7 Å². The van der Waals surface area contributed by atoms with E-state index in [0.717, 1.165) is 39.4 Å². The fourth-order valence-corrected chi connectivity index (χ4v) is 6.75. The van der Waals surface area contributed by atoms with Crippen molar-refractivity contribution in [2.75, 3.05) is 16.4 Å². The number of hydrogen-bond acceptors (Lipinski definition) is 9. The minimum Gasteiger partial charge on any atom is -0.399 e. The van der Waals surface area contributed by atoms with Gasteiger partial charge in [0.25, 0.3) is 0 Å². The summed E-state index contributed by atoms with van der Waals surface area (Å²) in [6, 6.07) is 40.7. The molecule has 0 spiro atoms. The Morgan fingerprint density at radius 1 is 0.536 bits per heavy atom. The molecule has 56 heavy (non-hydrogen) atoms. The molecule has 278 valence electrons. The summed E-state index contributed by atoms with van der Waals surface area (Å²) in [5.41, 5.74) is 16.1. The summed E-state index contributed by atoms with van der Waals surface area (Å²) in [5, 5.41) is 6.73. The van der Waals surface area contributed by atoms with Gasteiger partial charge in [0.05, 0.1) is 34.2 Å². The first-order chi connectivity index (χ1) is 27.3. The summed E-state index contributed by atoms with van der Waals surface area (Å²) < 4.78 is 6.15. The van der Waals surface area contributed by atoms with E-state index < -0.39 is 0 Å². The van der Waals surface area contributed by atoms with Crippen LogP contribution in [0.1, 0.15) is 48.4 Å². The first kappa shape index (κ1) is 35.7. The van der Waals surface area contributed by atoms with E-state index in [9.17, 15) is 0 Å². The van der Waals surface area contributed by atoms with Gasteiger partial charge in [-0.1, -0.05) is 60.7 Å². The fraction of sp³-hybridized carbons (Fsp3) is 0.136. The molecular weight excluding hydrogens is 697 g/mol. The molecule has 2 atom stereocenters. The van der Waals surface area contributed by atoms with Gasteiger partial charge in [0, 0.05) is 35.2 Å². The maximum absolute atomic E-state index is 5.82. The zero-order valence-corrected chi connectivity index (χ0v) is 31.6. The van der Waals surface area contributed by atoms with Crippen molar-refractivity contribution in [3.63, 3.8) is 0 Å². The molecule has 5 aromatic heterocycles. The number of imidazole rings is 2. The van der Waals surface area contributed by atoms with Crippen LogP contribution in [-0.4, -0.2) is 43.6 Å². The van der Waals surface area contributed by atoms with E-state index in [-0.39, 0.29) is 12.1 Å². The zero-order chi connectivity index (χ0) is 38.6. The van der Waals surface area contributed by atoms with Crippen molar-refractivity contribution in [2.45, 2.75) is 39.8 Å². The largest absolute Gasteiger partial charge is 0.399 e. The quantitative estimate of drug-likeness (QED) is 0.124. The van der Waals surface area contributed by atoms with Crippen LogP contribution >= 0.6 is 0 Å². The van der Waals surface area contributed by atoms with Gasteiger partial charge in [0.2, 0.25) is 11.9 Å². The number of nitrogens with one attached hydrogen (secondary N) is 2. The average Bonchev–Trinajstić information content (AvgIpc) is 3.94. The number of nitrogens with two attached hydrogens (primary N) is 1. The molecule has 0 bridgehead atoms. The molecule has 0 aliphatic heterocycles. The molecule has 0 saturated heterocycles. The van der Waals surface area contributed by atoms with Crippen LogP contribution in [0.25, 0.3) is 39.4 Å². The molecule has 4 N–H and O–H groups in total. The Labute approximate surface area is 324 Å². The minimum absolute atomic E-state index is 0.103. The highest BCUT2D eigenvalue weighted by molar-refractivity contribution is 5.81. The van der Waals surface area contributed by atoms with Crippen LogP contribution < -0.4 is 16.4 Å². The first-order valence-electron chi connectivity index (χ1n) is 18.5. The van der Waals surface area contributed by atoms with Crippen LogP contribution in [-0.2, 0) is 0 Å². The molecule has 0 saturated carbocycles. The second-order valence-electron chi connectivity index (χ2n) is 13.6. The van der Waals surface area contributed by atoms with Crippen LogP contribution in [0.3, 0.4) is 0 Å². The molecule has 9 rings (SSSR count). The molecule has 0 aliphatic rings. The highest BCUT2D eigenvalue weighted by atomic mass is 15.2. The molecule has 0 aliphatic carbocycles. The van der Waals surface area contributed by atoms with Gasteiger partial charge in [-0.2, -0.15) is 9.97 Å². The zero-order valence-electron chi connectivity index (χ0n) is 31.6. The Hall–Kier alpha value is -7.34. The molecule has 12 heteroatoms. The lowest BCUT2D eigenvalue weighted by atomic mass is 10.1. The van der Waals surface area contributed by atoms with Gasteiger partial charge in [-0.25, -0.2) is 19.9 Å². The molecule has 4 aromatic carbocycles. The summed E-state index contributed by atoms with van der Waals surface area (Å²) in [5.74, 6) is 2.70. The summed E-state index contributed by atoms with van der Waals surface area (Å²) in [6.07, 6.45) is 7.08. The van der Waals surface area contributed by atoms with Crippen LogP contribution in [0, 0.1) is 13.8 Å². The monoisotopic (exact) mass is 738 g/mol. The number of hydrogen-bond donors (Lipinski definition) is 3. The van der Waals surface area contributed by atoms with Crippen LogP contribution in [0.4, 0.5) is 17.6 Å². The normalized spacial score (nSPS) is 12.2. The highest BCUT2D eigenvalue weighted by Crippen LogP contribution is 2.25. The SMILES string of the molecule is C[C@H](Nc1nccc(-n2cnc3cc(N)ccc32)n1)c1ccccc1.Cc1ccc(C)n1-c1ccc2c(c1)ncn2-c1ccnc(N[C@@H](C)c2ccccc2)n1. The van der Waals surface area contributed by atoms with Crippen LogP contribution in [0.15, 0.2) is 146 Å².